The molecule has 0 bridgehead atoms. The third-order valence-electron chi connectivity index (χ3n) is 1.01. The maximum atomic E-state index is 10.8. The van der Waals surface area contributed by atoms with Crippen molar-refractivity contribution in [2.75, 3.05) is 6.61 Å². The van der Waals surface area contributed by atoms with Crippen LogP contribution >= 0.6 is 11.5 Å². The van der Waals surface area contributed by atoms with Gasteiger partial charge in [0.1, 0.15) is 11.9 Å². The van der Waals surface area contributed by atoms with Gasteiger partial charge in [-0.25, -0.2) is 4.98 Å². The zero-order valence-electron chi connectivity index (χ0n) is 6.11. The zero-order chi connectivity index (χ0) is 8.10. The van der Waals surface area contributed by atoms with Crippen LogP contribution in [0.1, 0.15) is 12.7 Å². The van der Waals surface area contributed by atoms with E-state index in [2.05, 4.69) is 9.36 Å². The summed E-state index contributed by atoms with van der Waals surface area (Å²) in [6.45, 7) is 2.18. The number of esters is 1. The summed E-state index contributed by atoms with van der Waals surface area (Å²) in [7, 11) is 0. The van der Waals surface area contributed by atoms with Crippen LogP contribution in [0.15, 0.2) is 5.51 Å². The molecule has 0 aliphatic carbocycles. The standard InChI is InChI=1S/C6H8N2O2S/c1-2-10-6(9)3-5-7-4-11-8-5/h4H,2-3H2,1H3. The molecule has 0 fully saturated rings. The minimum absolute atomic E-state index is 0.178. The molecule has 0 aliphatic heterocycles. The van der Waals surface area contributed by atoms with Crippen molar-refractivity contribution < 1.29 is 9.53 Å². The van der Waals surface area contributed by atoms with Gasteiger partial charge in [-0.3, -0.25) is 4.79 Å². The normalized spacial score (nSPS) is 9.55. The number of hydrogen-bond acceptors (Lipinski definition) is 5. The second-order valence-corrected chi connectivity index (χ2v) is 2.43. The summed E-state index contributed by atoms with van der Waals surface area (Å²) in [4.78, 5) is 14.7. The van der Waals surface area contributed by atoms with Crippen molar-refractivity contribution in [1.29, 1.82) is 0 Å². The molecule has 0 saturated carbocycles. The average Bonchev–Trinajstić information content (AvgIpc) is 2.40. The molecule has 4 nitrogen and oxygen atoms in total. The van der Waals surface area contributed by atoms with E-state index >= 15 is 0 Å². The van der Waals surface area contributed by atoms with Gasteiger partial charge in [0, 0.05) is 0 Å². The fourth-order valence-electron chi connectivity index (χ4n) is 0.611. The van der Waals surface area contributed by atoms with E-state index in [4.69, 9.17) is 4.74 Å². The van der Waals surface area contributed by atoms with E-state index in [1.54, 1.807) is 12.4 Å². The highest BCUT2D eigenvalue weighted by molar-refractivity contribution is 7.03. The van der Waals surface area contributed by atoms with E-state index in [1.807, 2.05) is 0 Å². The highest BCUT2D eigenvalue weighted by Gasteiger charge is 2.05. The SMILES string of the molecule is CCOC(=O)Cc1ncsn1. The van der Waals surface area contributed by atoms with Gasteiger partial charge in [0.05, 0.1) is 6.61 Å². The first-order chi connectivity index (χ1) is 5.33. The molecule has 0 saturated heterocycles. The molecule has 60 valence electrons. The maximum absolute atomic E-state index is 10.8. The molecule has 0 atom stereocenters. The Labute approximate surface area is 68.4 Å². The average molecular weight is 172 g/mol. The number of ether oxygens (including phenoxy) is 1. The van der Waals surface area contributed by atoms with Crippen LogP contribution in [0, 0.1) is 0 Å². The first-order valence-corrected chi connectivity index (χ1v) is 4.07. The number of carbonyl (C=O) groups excluding carboxylic acids is 1. The predicted molar refractivity (Wildman–Crippen MR) is 40.2 cm³/mol. The van der Waals surface area contributed by atoms with Crippen LogP contribution in [0.5, 0.6) is 0 Å². The lowest BCUT2D eigenvalue weighted by Crippen LogP contribution is -2.08. The second kappa shape index (κ2) is 4.02. The van der Waals surface area contributed by atoms with E-state index in [0.717, 1.165) is 0 Å². The van der Waals surface area contributed by atoms with Crippen LogP contribution in [-0.2, 0) is 16.0 Å². The number of carbonyl (C=O) groups is 1. The van der Waals surface area contributed by atoms with Gasteiger partial charge in [-0.05, 0) is 18.5 Å². The first kappa shape index (κ1) is 8.13. The van der Waals surface area contributed by atoms with Crippen molar-refractivity contribution in [2.24, 2.45) is 0 Å². The van der Waals surface area contributed by atoms with E-state index in [1.165, 1.54) is 11.5 Å². The van der Waals surface area contributed by atoms with Crippen LogP contribution in [0.2, 0.25) is 0 Å². The van der Waals surface area contributed by atoms with Crippen LogP contribution in [0.4, 0.5) is 0 Å². The van der Waals surface area contributed by atoms with Crippen molar-refractivity contribution in [3.8, 4) is 0 Å². The summed E-state index contributed by atoms with van der Waals surface area (Å²) in [6.07, 6.45) is 0.178. The molecule has 0 N–H and O–H groups in total. The number of nitrogens with zero attached hydrogens (tertiary/aromatic N) is 2. The Bertz CT molecular complexity index is 222. The van der Waals surface area contributed by atoms with Gasteiger partial charge in [-0.2, -0.15) is 4.37 Å². The highest BCUT2D eigenvalue weighted by Crippen LogP contribution is 1.96. The fourth-order valence-corrected chi connectivity index (χ4v) is 1.06. The summed E-state index contributed by atoms with van der Waals surface area (Å²) in [6, 6.07) is 0. The Morgan fingerprint density at radius 3 is 3.18 bits per heavy atom. The molecule has 0 amide bonds. The fraction of sp³-hybridized carbons (Fsp3) is 0.500. The summed E-state index contributed by atoms with van der Waals surface area (Å²) in [5.74, 6) is 0.263. The van der Waals surface area contributed by atoms with Crippen LogP contribution < -0.4 is 0 Å². The van der Waals surface area contributed by atoms with E-state index in [9.17, 15) is 4.79 Å². The largest absolute Gasteiger partial charge is 0.466 e. The Morgan fingerprint density at radius 1 is 1.82 bits per heavy atom. The lowest BCUT2D eigenvalue weighted by molar-refractivity contribution is -0.142. The topological polar surface area (TPSA) is 52.1 Å². The molecule has 0 spiro atoms. The third-order valence-corrected chi connectivity index (χ3v) is 1.53. The maximum Gasteiger partial charge on any atom is 0.313 e. The molecule has 1 heterocycles. The lowest BCUT2D eigenvalue weighted by atomic mass is 10.4. The quantitative estimate of drug-likeness (QED) is 0.628. The molecule has 0 aromatic carbocycles. The van der Waals surface area contributed by atoms with E-state index in [0.29, 0.717) is 12.4 Å². The molecule has 1 aromatic heterocycles. The first-order valence-electron chi connectivity index (χ1n) is 3.23. The molecule has 5 heteroatoms. The molecule has 1 aromatic rings. The minimum Gasteiger partial charge on any atom is -0.466 e. The van der Waals surface area contributed by atoms with Crippen molar-refractivity contribution in [1.82, 2.24) is 9.36 Å². The number of rotatable bonds is 3. The summed E-state index contributed by atoms with van der Waals surface area (Å²) >= 11 is 1.23. The van der Waals surface area contributed by atoms with Gasteiger partial charge in [-0.15, -0.1) is 0 Å². The molecule has 0 aliphatic rings. The van der Waals surface area contributed by atoms with Crippen molar-refractivity contribution in [3.63, 3.8) is 0 Å². The smallest absolute Gasteiger partial charge is 0.313 e. The van der Waals surface area contributed by atoms with Crippen LogP contribution in [-0.4, -0.2) is 21.9 Å². The Balaban J connectivity index is 2.37. The van der Waals surface area contributed by atoms with Crippen LogP contribution in [0.3, 0.4) is 0 Å². The Morgan fingerprint density at radius 2 is 2.64 bits per heavy atom. The molecule has 0 radical (unpaired) electrons. The van der Waals surface area contributed by atoms with Gasteiger partial charge in [-0.1, -0.05) is 0 Å². The van der Waals surface area contributed by atoms with Crippen LogP contribution in [0.25, 0.3) is 0 Å². The molecular weight excluding hydrogens is 164 g/mol. The highest BCUT2D eigenvalue weighted by atomic mass is 32.1. The lowest BCUT2D eigenvalue weighted by Gasteiger charge is -1.96. The zero-order valence-corrected chi connectivity index (χ0v) is 6.93. The molecule has 11 heavy (non-hydrogen) atoms. The van der Waals surface area contributed by atoms with E-state index in [-0.39, 0.29) is 12.4 Å². The predicted octanol–water partition coefficient (Wildman–Crippen LogP) is 0.644. The van der Waals surface area contributed by atoms with Gasteiger partial charge in [0.15, 0.2) is 5.82 Å². The van der Waals surface area contributed by atoms with Gasteiger partial charge >= 0.3 is 5.97 Å². The van der Waals surface area contributed by atoms with Crippen molar-refractivity contribution in [2.45, 2.75) is 13.3 Å². The Hall–Kier alpha value is -0.970. The minimum atomic E-state index is -0.272. The summed E-state index contributed by atoms with van der Waals surface area (Å²) in [5, 5.41) is 0. The van der Waals surface area contributed by atoms with Crippen molar-refractivity contribution >= 4 is 17.5 Å². The summed E-state index contributed by atoms with van der Waals surface area (Å²) < 4.78 is 8.57. The molecule has 1 rings (SSSR count). The molecular formula is C6H8N2O2S. The van der Waals surface area contributed by atoms with Crippen molar-refractivity contribution in [3.05, 3.63) is 11.3 Å². The number of hydrogen-bond donors (Lipinski definition) is 0. The number of aromatic nitrogens is 2. The van der Waals surface area contributed by atoms with E-state index < -0.39 is 0 Å². The van der Waals surface area contributed by atoms with Gasteiger partial charge in [0.2, 0.25) is 0 Å². The monoisotopic (exact) mass is 172 g/mol. The summed E-state index contributed by atoms with van der Waals surface area (Å²) in [5.41, 5.74) is 1.59. The molecule has 0 unspecified atom stereocenters. The second-order valence-electron chi connectivity index (χ2n) is 1.83. The van der Waals surface area contributed by atoms with Gasteiger partial charge in [0.25, 0.3) is 0 Å². The third kappa shape index (κ3) is 2.63. The Kier molecular flexibility index (Phi) is 2.97. The van der Waals surface area contributed by atoms with Gasteiger partial charge < -0.3 is 4.74 Å².